The van der Waals surface area contributed by atoms with Gasteiger partial charge in [0.15, 0.2) is 0 Å². The van der Waals surface area contributed by atoms with Crippen molar-refractivity contribution in [2.45, 2.75) is 20.8 Å². The Morgan fingerprint density at radius 3 is 0.795 bits per heavy atom. The summed E-state index contributed by atoms with van der Waals surface area (Å²) in [7, 11) is 0. The summed E-state index contributed by atoms with van der Waals surface area (Å²) in [5.74, 6) is 0. The van der Waals surface area contributed by atoms with Gasteiger partial charge < -0.3 is 0 Å². The van der Waals surface area contributed by atoms with Crippen molar-refractivity contribution in [3.05, 3.63) is 108 Å². The first-order valence-electron chi connectivity index (χ1n) is 12.9. The number of rotatable bonds is 3. The third-order valence-electron chi connectivity index (χ3n) is 7.02. The molecule has 0 unspecified atom stereocenters. The zero-order valence-electron chi connectivity index (χ0n) is 21.8. The molecular formula is C33H24N6. The predicted octanol–water partition coefficient (Wildman–Crippen LogP) is 7.44. The van der Waals surface area contributed by atoms with Crippen molar-refractivity contribution in [2.24, 2.45) is 0 Å². The maximum Gasteiger partial charge on any atom is 0.120 e. The van der Waals surface area contributed by atoms with E-state index in [0.29, 0.717) is 33.1 Å². The molecule has 0 bridgehead atoms. The lowest BCUT2D eigenvalue weighted by atomic mass is 10.1. The van der Waals surface area contributed by atoms with Gasteiger partial charge in [-0.05, 0) is 20.8 Å². The van der Waals surface area contributed by atoms with Gasteiger partial charge in [0.25, 0.3) is 0 Å². The van der Waals surface area contributed by atoms with Gasteiger partial charge in [0.1, 0.15) is 33.1 Å². The molecule has 0 radical (unpaired) electrons. The van der Waals surface area contributed by atoms with E-state index >= 15 is 0 Å². The molecule has 0 atom stereocenters. The molecule has 3 heterocycles. The van der Waals surface area contributed by atoms with Gasteiger partial charge in [-0.2, -0.15) is 0 Å². The van der Waals surface area contributed by atoms with Crippen LogP contribution < -0.4 is 0 Å². The van der Waals surface area contributed by atoms with Gasteiger partial charge in [-0.3, -0.25) is 0 Å². The van der Waals surface area contributed by atoms with E-state index in [0.717, 1.165) is 50.9 Å². The maximum absolute atomic E-state index is 5.16. The van der Waals surface area contributed by atoms with Gasteiger partial charge in [0, 0.05) is 16.7 Å². The van der Waals surface area contributed by atoms with Gasteiger partial charge in [0.05, 0.1) is 34.2 Å². The summed E-state index contributed by atoms with van der Waals surface area (Å²) in [6, 6.07) is 30.3. The third kappa shape index (κ3) is 3.80. The highest BCUT2D eigenvalue weighted by molar-refractivity contribution is 6.18. The smallest absolute Gasteiger partial charge is 0.120 e. The topological polar surface area (TPSA) is 77.3 Å². The molecule has 0 aliphatic rings. The van der Waals surface area contributed by atoms with Crippen LogP contribution in [0.1, 0.15) is 17.1 Å². The van der Waals surface area contributed by atoms with Crippen LogP contribution in [0.15, 0.2) is 91.0 Å². The van der Waals surface area contributed by atoms with E-state index in [4.69, 9.17) is 29.9 Å². The minimum absolute atomic E-state index is 0.675. The molecular weight excluding hydrogens is 480 g/mol. The van der Waals surface area contributed by atoms with Gasteiger partial charge >= 0.3 is 0 Å². The Hall–Kier alpha value is -5.10. The van der Waals surface area contributed by atoms with Gasteiger partial charge in [-0.1, -0.05) is 91.0 Å². The fraction of sp³-hybridized carbons (Fsp3) is 0.0909. The average Bonchev–Trinajstić information content (AvgIpc) is 2.98. The summed E-state index contributed by atoms with van der Waals surface area (Å²) in [6.45, 7) is 5.96. The van der Waals surface area contributed by atoms with Crippen molar-refractivity contribution in [1.82, 2.24) is 29.9 Å². The molecule has 39 heavy (non-hydrogen) atoms. The molecule has 186 valence electrons. The molecule has 0 aliphatic carbocycles. The van der Waals surface area contributed by atoms with Crippen LogP contribution in [0, 0.1) is 20.8 Å². The molecule has 0 saturated heterocycles. The fourth-order valence-electron chi connectivity index (χ4n) is 5.16. The molecule has 0 N–H and O–H groups in total. The number of fused-ring (bicyclic) bond motifs is 6. The number of aryl methyl sites for hydroxylation is 3. The van der Waals surface area contributed by atoms with Gasteiger partial charge in [-0.15, -0.1) is 0 Å². The van der Waals surface area contributed by atoms with Crippen LogP contribution in [0.4, 0.5) is 0 Å². The molecule has 6 heteroatoms. The van der Waals surface area contributed by atoms with Gasteiger partial charge in [-0.25, -0.2) is 29.9 Å². The summed E-state index contributed by atoms with van der Waals surface area (Å²) < 4.78 is 0. The van der Waals surface area contributed by atoms with Crippen molar-refractivity contribution in [3.63, 3.8) is 0 Å². The number of hydrogen-bond donors (Lipinski definition) is 0. The summed E-state index contributed by atoms with van der Waals surface area (Å²) >= 11 is 0. The molecule has 0 aliphatic heterocycles. The van der Waals surface area contributed by atoms with Crippen LogP contribution in [0.5, 0.6) is 0 Å². The minimum atomic E-state index is 0.675. The largest absolute Gasteiger partial charge is 0.247 e. The van der Waals surface area contributed by atoms with E-state index in [2.05, 4.69) is 0 Å². The highest BCUT2D eigenvalue weighted by Crippen LogP contribution is 2.35. The van der Waals surface area contributed by atoms with Crippen LogP contribution in [-0.4, -0.2) is 29.9 Å². The fourth-order valence-corrected chi connectivity index (χ4v) is 5.16. The first-order valence-corrected chi connectivity index (χ1v) is 12.9. The van der Waals surface area contributed by atoms with E-state index in [1.807, 2.05) is 112 Å². The molecule has 0 fully saturated rings. The summed E-state index contributed by atoms with van der Waals surface area (Å²) in [6.07, 6.45) is 0. The van der Waals surface area contributed by atoms with Crippen molar-refractivity contribution in [2.75, 3.05) is 0 Å². The molecule has 0 saturated carbocycles. The molecule has 3 aromatic heterocycles. The Morgan fingerprint density at radius 2 is 0.538 bits per heavy atom. The highest BCUT2D eigenvalue weighted by Gasteiger charge is 2.22. The standard InChI is InChI=1S/C33H24N6/c1-19-25(22-13-7-4-8-14-22)37-31-28(34-19)32-30(36-20(2)26(38-32)23-15-9-5-10-16-23)33-29(31)35-21(3)27(39-33)24-17-11-6-12-18-24/h4-18H,1-3H3. The zero-order valence-corrected chi connectivity index (χ0v) is 21.8. The minimum Gasteiger partial charge on any atom is -0.247 e. The quantitative estimate of drug-likeness (QED) is 0.233. The third-order valence-corrected chi connectivity index (χ3v) is 7.02. The van der Waals surface area contributed by atoms with Crippen LogP contribution in [0.3, 0.4) is 0 Å². The van der Waals surface area contributed by atoms with Crippen molar-refractivity contribution < 1.29 is 0 Å². The summed E-state index contributed by atoms with van der Waals surface area (Å²) in [4.78, 5) is 30.7. The monoisotopic (exact) mass is 504 g/mol. The Bertz CT molecular complexity index is 1760. The summed E-state index contributed by atoms with van der Waals surface area (Å²) in [5.41, 5.74) is 12.0. The first-order chi connectivity index (χ1) is 19.1. The lowest BCUT2D eigenvalue weighted by Crippen LogP contribution is -2.04. The Balaban J connectivity index is 1.64. The molecule has 0 amide bonds. The number of nitrogens with zero attached hydrogens (tertiary/aromatic N) is 6. The summed E-state index contributed by atoms with van der Waals surface area (Å²) in [5, 5.41) is 0. The van der Waals surface area contributed by atoms with Crippen molar-refractivity contribution >= 4 is 33.1 Å². The van der Waals surface area contributed by atoms with E-state index < -0.39 is 0 Å². The zero-order chi connectivity index (χ0) is 26.5. The van der Waals surface area contributed by atoms with E-state index in [1.165, 1.54) is 0 Å². The predicted molar refractivity (Wildman–Crippen MR) is 156 cm³/mol. The molecule has 7 aromatic rings. The van der Waals surface area contributed by atoms with E-state index in [9.17, 15) is 0 Å². The Morgan fingerprint density at radius 1 is 0.308 bits per heavy atom. The lowest BCUT2D eigenvalue weighted by molar-refractivity contribution is 1.15. The molecule has 0 spiro atoms. The molecule has 6 nitrogen and oxygen atoms in total. The van der Waals surface area contributed by atoms with Gasteiger partial charge in [0.2, 0.25) is 0 Å². The van der Waals surface area contributed by atoms with E-state index in [1.54, 1.807) is 0 Å². The average molecular weight is 505 g/mol. The Labute approximate surface area is 225 Å². The first kappa shape index (κ1) is 23.0. The van der Waals surface area contributed by atoms with Crippen molar-refractivity contribution in [1.29, 1.82) is 0 Å². The normalized spacial score (nSPS) is 11.5. The highest BCUT2D eigenvalue weighted by atomic mass is 14.9. The maximum atomic E-state index is 5.16. The SMILES string of the molecule is Cc1nc2c(nc1-c1ccccc1)c1nc(C)c(-c3ccccc3)nc1c1nc(C)c(-c3ccccc3)nc21. The van der Waals surface area contributed by atoms with Crippen LogP contribution >= 0.6 is 0 Å². The number of aromatic nitrogens is 6. The second-order valence-electron chi connectivity index (χ2n) is 9.66. The molecule has 7 rings (SSSR count). The van der Waals surface area contributed by atoms with E-state index in [-0.39, 0.29) is 0 Å². The second kappa shape index (κ2) is 9.03. The van der Waals surface area contributed by atoms with Crippen molar-refractivity contribution in [3.8, 4) is 33.8 Å². The van der Waals surface area contributed by atoms with Crippen LogP contribution in [0.2, 0.25) is 0 Å². The molecule has 4 aromatic carbocycles. The lowest BCUT2D eigenvalue weighted by Gasteiger charge is -2.14. The second-order valence-corrected chi connectivity index (χ2v) is 9.66. The van der Waals surface area contributed by atoms with Crippen LogP contribution in [0.25, 0.3) is 66.9 Å². The number of hydrogen-bond acceptors (Lipinski definition) is 6. The Kier molecular flexibility index (Phi) is 5.33. The van der Waals surface area contributed by atoms with Crippen LogP contribution in [-0.2, 0) is 0 Å². The number of benzene rings is 4.